The molecule has 4 heteroatoms. The summed E-state index contributed by atoms with van der Waals surface area (Å²) >= 11 is 0. The van der Waals surface area contributed by atoms with Gasteiger partial charge in [0, 0.05) is 5.69 Å². The molecule has 1 aromatic rings. The van der Waals surface area contributed by atoms with Crippen molar-refractivity contribution in [3.8, 4) is 0 Å². The number of carbonyl (C=O) groups excluding carboxylic acids is 1. The van der Waals surface area contributed by atoms with Crippen molar-refractivity contribution in [3.05, 3.63) is 23.0 Å². The molecule has 102 valence electrons. The first kappa shape index (κ1) is 14.8. The number of amides is 1. The van der Waals surface area contributed by atoms with Gasteiger partial charge in [-0.2, -0.15) is 0 Å². The van der Waals surface area contributed by atoms with Gasteiger partial charge in [0.1, 0.15) is 5.69 Å². The summed E-state index contributed by atoms with van der Waals surface area (Å²) in [6.07, 6.45) is 0.744. The molecule has 0 aliphatic rings. The normalized spacial score (nSPS) is 13.4. The number of nitrogens with one attached hydrogen (secondary N) is 2. The number of hydrogen-bond donors (Lipinski definition) is 3. The molecule has 0 bridgehead atoms. The van der Waals surface area contributed by atoms with Gasteiger partial charge >= 0.3 is 0 Å². The molecule has 1 rings (SSSR count). The topological polar surface area (TPSA) is 65.1 Å². The van der Waals surface area contributed by atoms with Crippen molar-refractivity contribution in [2.24, 2.45) is 5.41 Å². The summed E-state index contributed by atoms with van der Waals surface area (Å²) in [5, 5.41) is 12.2. The highest BCUT2D eigenvalue weighted by Crippen LogP contribution is 2.21. The third-order valence-electron chi connectivity index (χ3n) is 2.79. The van der Waals surface area contributed by atoms with Gasteiger partial charge in [-0.15, -0.1) is 0 Å². The Bertz CT molecular complexity index is 416. The fraction of sp³-hybridized carbons (Fsp3) is 0.643. The third kappa shape index (κ3) is 4.18. The minimum absolute atomic E-state index is 0.0399. The van der Waals surface area contributed by atoms with Crippen LogP contribution in [0.3, 0.4) is 0 Å². The molecule has 0 saturated carbocycles. The predicted octanol–water partition coefficient (Wildman–Crippen LogP) is 2.16. The molecule has 3 N–H and O–H groups in total. The average molecular weight is 252 g/mol. The van der Waals surface area contributed by atoms with Gasteiger partial charge in [-0.3, -0.25) is 4.79 Å². The summed E-state index contributed by atoms with van der Waals surface area (Å²) in [5.41, 5.74) is 2.55. The highest BCUT2D eigenvalue weighted by molar-refractivity contribution is 5.94. The van der Waals surface area contributed by atoms with E-state index in [0.29, 0.717) is 5.69 Å². The van der Waals surface area contributed by atoms with Gasteiger partial charge in [0.25, 0.3) is 5.91 Å². The van der Waals surface area contributed by atoms with E-state index >= 15 is 0 Å². The summed E-state index contributed by atoms with van der Waals surface area (Å²) in [6.45, 7) is 10.0. The minimum atomic E-state index is -0.208. The number of aryl methyl sites for hydroxylation is 2. The molecule has 1 atom stereocenters. The van der Waals surface area contributed by atoms with Crippen LogP contribution >= 0.6 is 0 Å². The fourth-order valence-electron chi connectivity index (χ4n) is 2.12. The highest BCUT2D eigenvalue weighted by Gasteiger charge is 2.21. The standard InChI is InChI=1S/C14H24N2O2/c1-9-6-10(2)15-12(9)13(18)16-11(8-17)7-14(3,4)5/h6,11,15,17H,7-8H2,1-5H3,(H,16,18). The van der Waals surface area contributed by atoms with Crippen LogP contribution in [0, 0.1) is 19.3 Å². The molecular weight excluding hydrogens is 228 g/mol. The van der Waals surface area contributed by atoms with Gasteiger partial charge < -0.3 is 15.4 Å². The first-order valence-corrected chi connectivity index (χ1v) is 6.31. The van der Waals surface area contributed by atoms with E-state index in [1.165, 1.54) is 0 Å². The van der Waals surface area contributed by atoms with Gasteiger partial charge in [0.15, 0.2) is 0 Å². The number of aliphatic hydroxyl groups excluding tert-OH is 1. The lowest BCUT2D eigenvalue weighted by Crippen LogP contribution is -2.40. The zero-order valence-electron chi connectivity index (χ0n) is 11.9. The maximum absolute atomic E-state index is 12.1. The average Bonchev–Trinajstić information content (AvgIpc) is 2.54. The van der Waals surface area contributed by atoms with Crippen molar-refractivity contribution in [1.82, 2.24) is 10.3 Å². The van der Waals surface area contributed by atoms with Crippen molar-refractivity contribution >= 4 is 5.91 Å². The highest BCUT2D eigenvalue weighted by atomic mass is 16.3. The first-order valence-electron chi connectivity index (χ1n) is 6.31. The number of aromatic nitrogens is 1. The molecule has 18 heavy (non-hydrogen) atoms. The molecule has 1 heterocycles. The first-order chi connectivity index (χ1) is 8.23. The Kier molecular flexibility index (Phi) is 4.57. The molecule has 0 aromatic carbocycles. The zero-order chi connectivity index (χ0) is 13.9. The lowest BCUT2D eigenvalue weighted by Gasteiger charge is -2.25. The Morgan fingerprint density at radius 1 is 1.44 bits per heavy atom. The Hall–Kier alpha value is -1.29. The van der Waals surface area contributed by atoms with Gasteiger partial charge in [0.05, 0.1) is 12.6 Å². The van der Waals surface area contributed by atoms with Crippen molar-refractivity contribution in [3.63, 3.8) is 0 Å². The van der Waals surface area contributed by atoms with E-state index in [1.807, 2.05) is 19.9 Å². The van der Waals surface area contributed by atoms with Crippen LogP contribution in [0.1, 0.15) is 48.9 Å². The number of aromatic amines is 1. The number of hydrogen-bond acceptors (Lipinski definition) is 2. The number of H-pyrrole nitrogens is 1. The number of aliphatic hydroxyl groups is 1. The van der Waals surface area contributed by atoms with Crippen LogP contribution < -0.4 is 5.32 Å². The lowest BCUT2D eigenvalue weighted by molar-refractivity contribution is 0.0892. The zero-order valence-corrected chi connectivity index (χ0v) is 11.9. The largest absolute Gasteiger partial charge is 0.394 e. The van der Waals surface area contributed by atoms with Crippen molar-refractivity contribution < 1.29 is 9.90 Å². The van der Waals surface area contributed by atoms with Crippen molar-refractivity contribution in [2.75, 3.05) is 6.61 Å². The molecule has 1 amide bonds. The van der Waals surface area contributed by atoms with Crippen LogP contribution in [0.2, 0.25) is 0 Å². The van der Waals surface area contributed by atoms with Crippen LogP contribution in [0.5, 0.6) is 0 Å². The van der Waals surface area contributed by atoms with E-state index in [4.69, 9.17) is 0 Å². The number of carbonyl (C=O) groups is 1. The van der Waals surface area contributed by atoms with E-state index in [1.54, 1.807) is 0 Å². The second kappa shape index (κ2) is 5.57. The van der Waals surface area contributed by atoms with E-state index in [0.717, 1.165) is 17.7 Å². The maximum atomic E-state index is 12.1. The molecule has 0 saturated heterocycles. The maximum Gasteiger partial charge on any atom is 0.268 e. The van der Waals surface area contributed by atoms with Gasteiger partial charge in [0.2, 0.25) is 0 Å². The summed E-state index contributed by atoms with van der Waals surface area (Å²) < 4.78 is 0. The van der Waals surface area contributed by atoms with Crippen LogP contribution in [0.4, 0.5) is 0 Å². The molecule has 1 aromatic heterocycles. The fourth-order valence-corrected chi connectivity index (χ4v) is 2.12. The molecular formula is C14H24N2O2. The van der Waals surface area contributed by atoms with Crippen LogP contribution in [-0.4, -0.2) is 28.6 Å². The van der Waals surface area contributed by atoms with E-state index < -0.39 is 0 Å². The van der Waals surface area contributed by atoms with Gasteiger partial charge in [-0.25, -0.2) is 0 Å². The van der Waals surface area contributed by atoms with Gasteiger partial charge in [-0.1, -0.05) is 20.8 Å². The SMILES string of the molecule is Cc1cc(C)c(C(=O)NC(CO)CC(C)(C)C)[nH]1. The summed E-state index contributed by atoms with van der Waals surface area (Å²) in [5.74, 6) is -0.149. The third-order valence-corrected chi connectivity index (χ3v) is 2.79. The Labute approximate surface area is 109 Å². The van der Waals surface area contributed by atoms with Crippen molar-refractivity contribution in [1.29, 1.82) is 0 Å². The minimum Gasteiger partial charge on any atom is -0.394 e. The molecule has 1 unspecified atom stereocenters. The van der Waals surface area contributed by atoms with Crippen LogP contribution in [0.25, 0.3) is 0 Å². The second-order valence-corrected chi connectivity index (χ2v) is 6.13. The second-order valence-electron chi connectivity index (χ2n) is 6.13. The summed E-state index contributed by atoms with van der Waals surface area (Å²) in [4.78, 5) is 15.1. The molecule has 4 nitrogen and oxygen atoms in total. The molecule has 0 aliphatic carbocycles. The smallest absolute Gasteiger partial charge is 0.268 e. The molecule has 0 fully saturated rings. The molecule has 0 spiro atoms. The number of rotatable bonds is 4. The lowest BCUT2D eigenvalue weighted by atomic mass is 9.88. The monoisotopic (exact) mass is 252 g/mol. The molecule has 0 radical (unpaired) electrons. The summed E-state index contributed by atoms with van der Waals surface area (Å²) in [7, 11) is 0. The Morgan fingerprint density at radius 2 is 2.06 bits per heavy atom. The van der Waals surface area contributed by atoms with Gasteiger partial charge in [-0.05, 0) is 37.3 Å². The Morgan fingerprint density at radius 3 is 2.44 bits per heavy atom. The Balaban J connectivity index is 2.71. The molecule has 0 aliphatic heterocycles. The van der Waals surface area contributed by atoms with E-state index in [2.05, 4.69) is 31.1 Å². The van der Waals surface area contributed by atoms with E-state index in [-0.39, 0.29) is 24.0 Å². The van der Waals surface area contributed by atoms with E-state index in [9.17, 15) is 9.90 Å². The predicted molar refractivity (Wildman–Crippen MR) is 72.7 cm³/mol. The van der Waals surface area contributed by atoms with Crippen LogP contribution in [-0.2, 0) is 0 Å². The quantitative estimate of drug-likeness (QED) is 0.769. The van der Waals surface area contributed by atoms with Crippen molar-refractivity contribution in [2.45, 2.75) is 47.1 Å². The van der Waals surface area contributed by atoms with Crippen LogP contribution in [0.15, 0.2) is 6.07 Å². The summed E-state index contributed by atoms with van der Waals surface area (Å²) in [6, 6.07) is 1.73.